The minimum absolute atomic E-state index is 0.0208. The zero-order valence-electron chi connectivity index (χ0n) is 9.97. The van der Waals surface area contributed by atoms with Crippen LogP contribution in [0.2, 0.25) is 5.15 Å². The topological polar surface area (TPSA) is 76.5 Å². The molecule has 1 N–H and O–H groups in total. The Hall–Kier alpha value is -1.66. The Kier molecular flexibility index (Phi) is 4.01. The van der Waals surface area contributed by atoms with Crippen LogP contribution in [0.4, 0.5) is 0 Å². The van der Waals surface area contributed by atoms with Gasteiger partial charge in [-0.2, -0.15) is 0 Å². The van der Waals surface area contributed by atoms with Crippen LogP contribution in [-0.4, -0.2) is 29.0 Å². The van der Waals surface area contributed by atoms with Gasteiger partial charge in [0, 0.05) is 12.5 Å². The molecule has 5 nitrogen and oxygen atoms in total. The summed E-state index contributed by atoms with van der Waals surface area (Å²) in [5.41, 5.74) is 0.606. The van der Waals surface area contributed by atoms with Crippen molar-refractivity contribution in [3.8, 4) is 5.75 Å². The van der Waals surface area contributed by atoms with Gasteiger partial charge in [-0.05, 0) is 6.07 Å². The third-order valence-corrected chi connectivity index (χ3v) is 3.87. The lowest BCUT2D eigenvalue weighted by Gasteiger charge is -2.00. The Morgan fingerprint density at radius 3 is 2.79 bits per heavy atom. The minimum Gasteiger partial charge on any atom is -0.493 e. The molecule has 0 spiro atoms. The van der Waals surface area contributed by atoms with E-state index in [1.807, 2.05) is 0 Å². The number of carboxylic acid groups (broad SMARTS) is 1. The molecular formula is C12H10ClNO4S. The SMILES string of the molecule is COc1cc2sc(C(=O)CCC(=O)O)cc2nc1Cl. The molecule has 0 saturated heterocycles. The first-order valence-electron chi connectivity index (χ1n) is 5.40. The summed E-state index contributed by atoms with van der Waals surface area (Å²) in [6.45, 7) is 0. The van der Waals surface area contributed by atoms with E-state index >= 15 is 0 Å². The summed E-state index contributed by atoms with van der Waals surface area (Å²) in [7, 11) is 1.49. The molecular weight excluding hydrogens is 290 g/mol. The minimum atomic E-state index is -0.989. The largest absolute Gasteiger partial charge is 0.493 e. The van der Waals surface area contributed by atoms with Crippen molar-refractivity contribution < 1.29 is 19.4 Å². The first kappa shape index (κ1) is 13.8. The van der Waals surface area contributed by atoms with Crippen LogP contribution in [0.3, 0.4) is 0 Å². The molecule has 0 radical (unpaired) electrons. The Bertz CT molecular complexity index is 652. The van der Waals surface area contributed by atoms with Crippen LogP contribution in [0.1, 0.15) is 22.5 Å². The van der Waals surface area contributed by atoms with Crippen molar-refractivity contribution in [2.75, 3.05) is 7.11 Å². The van der Waals surface area contributed by atoms with Gasteiger partial charge in [-0.3, -0.25) is 9.59 Å². The van der Waals surface area contributed by atoms with E-state index in [9.17, 15) is 9.59 Å². The van der Waals surface area contributed by atoms with Crippen molar-refractivity contribution in [1.82, 2.24) is 4.98 Å². The zero-order chi connectivity index (χ0) is 14.0. The Balaban J connectivity index is 2.31. The number of fused-ring (bicyclic) bond motifs is 1. The molecule has 19 heavy (non-hydrogen) atoms. The molecule has 7 heteroatoms. The van der Waals surface area contributed by atoms with Crippen LogP contribution in [0, 0.1) is 0 Å². The number of thiophene rings is 1. The molecule has 2 aromatic heterocycles. The molecule has 0 atom stereocenters. The number of carboxylic acids is 1. The predicted octanol–water partition coefficient (Wildman–Crippen LogP) is 3.01. The smallest absolute Gasteiger partial charge is 0.303 e. The third-order valence-electron chi connectivity index (χ3n) is 2.48. The quantitative estimate of drug-likeness (QED) is 0.678. The van der Waals surface area contributed by atoms with Gasteiger partial charge >= 0.3 is 5.97 Å². The fourth-order valence-electron chi connectivity index (χ4n) is 1.55. The maximum atomic E-state index is 11.8. The Morgan fingerprint density at radius 1 is 1.42 bits per heavy atom. The number of hydrogen-bond donors (Lipinski definition) is 1. The molecule has 0 aromatic carbocycles. The van der Waals surface area contributed by atoms with Gasteiger partial charge in [0.1, 0.15) is 0 Å². The second-order valence-electron chi connectivity index (χ2n) is 3.79. The summed E-state index contributed by atoms with van der Waals surface area (Å²) < 4.78 is 5.83. The standard InChI is InChI=1S/C12H10ClNO4S/c1-18-8-5-9-6(14-12(8)13)4-10(19-9)7(15)2-3-11(16)17/h4-5H,2-3H2,1H3,(H,16,17). The fourth-order valence-corrected chi connectivity index (χ4v) is 2.77. The highest BCUT2D eigenvalue weighted by atomic mass is 35.5. The van der Waals surface area contributed by atoms with E-state index < -0.39 is 5.97 Å². The van der Waals surface area contributed by atoms with Gasteiger partial charge in [-0.25, -0.2) is 4.98 Å². The van der Waals surface area contributed by atoms with Crippen molar-refractivity contribution in [3.63, 3.8) is 0 Å². The zero-order valence-corrected chi connectivity index (χ0v) is 11.5. The molecule has 0 fully saturated rings. The van der Waals surface area contributed by atoms with Gasteiger partial charge in [-0.15, -0.1) is 11.3 Å². The van der Waals surface area contributed by atoms with Gasteiger partial charge in [0.2, 0.25) is 0 Å². The normalized spacial score (nSPS) is 10.6. The van der Waals surface area contributed by atoms with Crippen molar-refractivity contribution in [1.29, 1.82) is 0 Å². The maximum absolute atomic E-state index is 11.8. The van der Waals surface area contributed by atoms with Crippen LogP contribution in [0.15, 0.2) is 12.1 Å². The molecule has 0 aliphatic carbocycles. The number of ketones is 1. The van der Waals surface area contributed by atoms with Crippen LogP contribution < -0.4 is 4.74 Å². The summed E-state index contributed by atoms with van der Waals surface area (Å²) in [6.07, 6.45) is -0.197. The number of aromatic nitrogens is 1. The number of carbonyl (C=O) groups is 2. The van der Waals surface area contributed by atoms with Crippen LogP contribution in [-0.2, 0) is 4.79 Å². The monoisotopic (exact) mass is 299 g/mol. The van der Waals surface area contributed by atoms with Gasteiger partial charge < -0.3 is 9.84 Å². The van der Waals surface area contributed by atoms with E-state index in [0.29, 0.717) is 16.1 Å². The molecule has 100 valence electrons. The van der Waals surface area contributed by atoms with E-state index in [4.69, 9.17) is 21.4 Å². The van der Waals surface area contributed by atoms with E-state index in [2.05, 4.69) is 4.98 Å². The number of hydrogen-bond acceptors (Lipinski definition) is 5. The van der Waals surface area contributed by atoms with Crippen molar-refractivity contribution in [3.05, 3.63) is 22.2 Å². The van der Waals surface area contributed by atoms with E-state index in [0.717, 1.165) is 4.70 Å². The molecule has 0 amide bonds. The highest BCUT2D eigenvalue weighted by molar-refractivity contribution is 7.20. The average molecular weight is 300 g/mol. The van der Waals surface area contributed by atoms with Crippen LogP contribution in [0.5, 0.6) is 5.75 Å². The van der Waals surface area contributed by atoms with Crippen molar-refractivity contribution in [2.45, 2.75) is 12.8 Å². The average Bonchev–Trinajstić information content (AvgIpc) is 2.77. The molecule has 2 rings (SSSR count). The molecule has 0 unspecified atom stereocenters. The van der Waals surface area contributed by atoms with Gasteiger partial charge in [0.15, 0.2) is 16.7 Å². The van der Waals surface area contributed by atoms with Crippen molar-refractivity contribution >= 4 is 44.9 Å². The number of carbonyl (C=O) groups excluding carboxylic acids is 1. The van der Waals surface area contributed by atoms with Gasteiger partial charge in [-0.1, -0.05) is 11.6 Å². The molecule has 0 aliphatic rings. The van der Waals surface area contributed by atoms with Gasteiger partial charge in [0.05, 0.1) is 28.6 Å². The summed E-state index contributed by atoms with van der Waals surface area (Å²) in [6, 6.07) is 3.33. The highest BCUT2D eigenvalue weighted by Gasteiger charge is 2.14. The van der Waals surface area contributed by atoms with E-state index in [1.54, 1.807) is 12.1 Å². The Morgan fingerprint density at radius 2 is 2.16 bits per heavy atom. The lowest BCUT2D eigenvalue weighted by atomic mass is 10.2. The molecule has 0 saturated carbocycles. The molecule has 0 bridgehead atoms. The number of pyridine rings is 1. The molecule has 2 heterocycles. The summed E-state index contributed by atoms with van der Waals surface area (Å²) >= 11 is 7.15. The number of nitrogens with zero attached hydrogens (tertiary/aromatic N) is 1. The number of halogens is 1. The number of Topliss-reactive ketones (excluding diaryl/α,β-unsaturated/α-hetero) is 1. The fraction of sp³-hybridized carbons (Fsp3) is 0.250. The summed E-state index contributed by atoms with van der Waals surface area (Å²) in [5, 5.41) is 8.79. The number of ether oxygens (including phenoxy) is 1. The van der Waals surface area contributed by atoms with Crippen molar-refractivity contribution in [2.24, 2.45) is 0 Å². The predicted molar refractivity (Wildman–Crippen MR) is 72.4 cm³/mol. The third kappa shape index (κ3) is 3.02. The lowest BCUT2D eigenvalue weighted by molar-refractivity contribution is -0.136. The number of methoxy groups -OCH3 is 1. The second kappa shape index (κ2) is 5.54. The summed E-state index contributed by atoms with van der Waals surface area (Å²) in [4.78, 5) is 26.9. The van der Waals surface area contributed by atoms with E-state index in [-0.39, 0.29) is 23.8 Å². The van der Waals surface area contributed by atoms with Gasteiger partial charge in [0.25, 0.3) is 0 Å². The maximum Gasteiger partial charge on any atom is 0.303 e. The second-order valence-corrected chi connectivity index (χ2v) is 5.23. The van der Waals surface area contributed by atoms with Crippen LogP contribution >= 0.6 is 22.9 Å². The van der Waals surface area contributed by atoms with Crippen LogP contribution in [0.25, 0.3) is 10.2 Å². The first-order chi connectivity index (χ1) is 9.01. The molecule has 2 aromatic rings. The lowest BCUT2D eigenvalue weighted by Crippen LogP contribution is -2.01. The number of aliphatic carboxylic acids is 1. The number of rotatable bonds is 5. The Labute approximate surface area is 117 Å². The highest BCUT2D eigenvalue weighted by Crippen LogP contribution is 2.32. The summed E-state index contributed by atoms with van der Waals surface area (Å²) in [5.74, 6) is -0.752. The van der Waals surface area contributed by atoms with E-state index in [1.165, 1.54) is 18.4 Å². The first-order valence-corrected chi connectivity index (χ1v) is 6.59. The molecule has 0 aliphatic heterocycles.